The summed E-state index contributed by atoms with van der Waals surface area (Å²) in [5, 5.41) is 3.39. The van der Waals surface area contributed by atoms with E-state index in [1.807, 2.05) is 0 Å². The number of benzene rings is 1. The van der Waals surface area contributed by atoms with Gasteiger partial charge in [0.15, 0.2) is 0 Å². The van der Waals surface area contributed by atoms with Crippen molar-refractivity contribution in [1.82, 2.24) is 5.32 Å². The maximum absolute atomic E-state index is 5.55. The molecule has 0 heterocycles. The topological polar surface area (TPSA) is 21.3 Å². The summed E-state index contributed by atoms with van der Waals surface area (Å²) in [6, 6.07) is 6.36. The number of methoxy groups -OCH3 is 1. The van der Waals surface area contributed by atoms with Crippen LogP contribution in [-0.4, -0.2) is 20.7 Å². The third-order valence-corrected chi connectivity index (χ3v) is 5.51. The predicted molar refractivity (Wildman–Crippen MR) is 92.9 cm³/mol. The molecule has 0 radical (unpaired) electrons. The fourth-order valence-corrected chi connectivity index (χ4v) is 4.17. The van der Waals surface area contributed by atoms with Crippen LogP contribution in [0.3, 0.4) is 0 Å². The Balaban J connectivity index is 2.15. The zero-order chi connectivity index (χ0) is 15.2. The Labute approximate surface area is 137 Å². The van der Waals surface area contributed by atoms with Crippen LogP contribution in [0.4, 0.5) is 0 Å². The average molecular weight is 354 g/mol. The lowest BCUT2D eigenvalue weighted by Crippen LogP contribution is -2.33. The molecule has 3 heteroatoms. The van der Waals surface area contributed by atoms with Gasteiger partial charge in [0.25, 0.3) is 0 Å². The van der Waals surface area contributed by atoms with Crippen LogP contribution in [0.2, 0.25) is 0 Å². The number of hydrogen-bond donors (Lipinski definition) is 1. The molecule has 2 rings (SSSR count). The van der Waals surface area contributed by atoms with Crippen molar-refractivity contribution >= 4 is 15.9 Å². The van der Waals surface area contributed by atoms with Gasteiger partial charge in [0, 0.05) is 4.47 Å². The third kappa shape index (κ3) is 4.46. The van der Waals surface area contributed by atoms with E-state index in [9.17, 15) is 0 Å². The van der Waals surface area contributed by atoms with Gasteiger partial charge in [-0.3, -0.25) is 0 Å². The van der Waals surface area contributed by atoms with Crippen LogP contribution in [0.15, 0.2) is 22.7 Å². The van der Waals surface area contributed by atoms with Gasteiger partial charge in [0.05, 0.1) is 7.11 Å². The lowest BCUT2D eigenvalue weighted by Gasteiger charge is -2.36. The first-order valence-corrected chi connectivity index (χ1v) is 8.94. The molecule has 1 aromatic rings. The highest BCUT2D eigenvalue weighted by molar-refractivity contribution is 9.10. The van der Waals surface area contributed by atoms with E-state index in [-0.39, 0.29) is 0 Å². The minimum absolute atomic E-state index is 0.763. The van der Waals surface area contributed by atoms with Gasteiger partial charge in [-0.25, -0.2) is 0 Å². The number of nitrogens with one attached hydrogen (secondary N) is 1. The Morgan fingerprint density at radius 3 is 2.76 bits per heavy atom. The largest absolute Gasteiger partial charge is 0.496 e. The van der Waals surface area contributed by atoms with Crippen molar-refractivity contribution in [2.24, 2.45) is 17.8 Å². The van der Waals surface area contributed by atoms with E-state index < -0.39 is 0 Å². The Kier molecular flexibility index (Phi) is 6.56. The summed E-state index contributed by atoms with van der Waals surface area (Å²) in [5.74, 6) is 3.49. The zero-order valence-corrected chi connectivity index (χ0v) is 15.1. The number of rotatable bonds is 6. The number of halogens is 1. The summed E-state index contributed by atoms with van der Waals surface area (Å²) < 4.78 is 6.70. The van der Waals surface area contributed by atoms with E-state index in [4.69, 9.17) is 4.74 Å². The fourth-order valence-electron chi connectivity index (χ4n) is 3.76. The molecule has 3 atom stereocenters. The summed E-state index contributed by atoms with van der Waals surface area (Å²) in [6.45, 7) is 3.47. The van der Waals surface area contributed by atoms with E-state index in [1.54, 1.807) is 7.11 Å². The molecule has 1 saturated carbocycles. The van der Waals surface area contributed by atoms with E-state index >= 15 is 0 Å². The summed E-state index contributed by atoms with van der Waals surface area (Å²) in [7, 11) is 3.84. The van der Waals surface area contributed by atoms with Gasteiger partial charge in [-0.1, -0.05) is 35.7 Å². The highest BCUT2D eigenvalue weighted by Crippen LogP contribution is 2.38. The van der Waals surface area contributed by atoms with Crippen molar-refractivity contribution in [3.8, 4) is 5.75 Å². The molecule has 1 aliphatic rings. The minimum Gasteiger partial charge on any atom is -0.496 e. The van der Waals surface area contributed by atoms with Crippen molar-refractivity contribution in [2.75, 3.05) is 20.7 Å². The van der Waals surface area contributed by atoms with E-state index in [2.05, 4.69) is 53.4 Å². The molecule has 0 amide bonds. The Hall–Kier alpha value is -0.540. The van der Waals surface area contributed by atoms with Gasteiger partial charge in [0.2, 0.25) is 0 Å². The SMILES string of the molecule is CCC1CCC(CNC)C(Cc2cc(Br)ccc2OC)C1. The molecule has 0 spiro atoms. The molecule has 1 aliphatic carbocycles. The van der Waals surface area contributed by atoms with Gasteiger partial charge in [-0.05, 0) is 74.4 Å². The monoisotopic (exact) mass is 353 g/mol. The van der Waals surface area contributed by atoms with Gasteiger partial charge in [0.1, 0.15) is 5.75 Å². The molecule has 2 nitrogen and oxygen atoms in total. The van der Waals surface area contributed by atoms with Crippen LogP contribution in [0.25, 0.3) is 0 Å². The average Bonchev–Trinajstić information content (AvgIpc) is 2.49. The quantitative estimate of drug-likeness (QED) is 0.802. The Bertz CT molecular complexity index is 449. The van der Waals surface area contributed by atoms with Gasteiger partial charge in [-0.15, -0.1) is 0 Å². The summed E-state index contributed by atoms with van der Waals surface area (Å²) in [4.78, 5) is 0. The van der Waals surface area contributed by atoms with Crippen LogP contribution in [0, 0.1) is 17.8 Å². The van der Waals surface area contributed by atoms with Gasteiger partial charge < -0.3 is 10.1 Å². The summed E-state index contributed by atoms with van der Waals surface area (Å²) in [5.41, 5.74) is 1.34. The Morgan fingerprint density at radius 1 is 1.29 bits per heavy atom. The zero-order valence-electron chi connectivity index (χ0n) is 13.5. The van der Waals surface area contributed by atoms with E-state index in [1.165, 1.54) is 31.2 Å². The minimum atomic E-state index is 0.763. The van der Waals surface area contributed by atoms with E-state index in [0.29, 0.717) is 0 Å². The van der Waals surface area contributed by atoms with Gasteiger partial charge >= 0.3 is 0 Å². The predicted octanol–water partition coefficient (Wildman–Crippen LogP) is 4.66. The first-order chi connectivity index (χ1) is 10.2. The van der Waals surface area contributed by atoms with Crippen molar-refractivity contribution < 1.29 is 4.74 Å². The first kappa shape index (κ1) is 16.8. The van der Waals surface area contributed by atoms with Crippen molar-refractivity contribution in [1.29, 1.82) is 0 Å². The lowest BCUT2D eigenvalue weighted by molar-refractivity contribution is 0.172. The smallest absolute Gasteiger partial charge is 0.122 e. The first-order valence-electron chi connectivity index (χ1n) is 8.14. The molecule has 0 aliphatic heterocycles. The standard InChI is InChI=1S/C18H28BrNO/c1-4-13-5-6-14(12-20-2)15(9-13)10-16-11-17(19)7-8-18(16)21-3/h7-8,11,13-15,20H,4-6,9-10,12H2,1-3H3. The second-order valence-electron chi connectivity index (χ2n) is 6.33. The number of ether oxygens (including phenoxy) is 1. The third-order valence-electron chi connectivity index (χ3n) is 5.02. The normalized spacial score (nSPS) is 25.8. The molecule has 1 fully saturated rings. The Morgan fingerprint density at radius 2 is 2.10 bits per heavy atom. The van der Waals surface area contributed by atoms with Crippen molar-refractivity contribution in [2.45, 2.75) is 39.0 Å². The van der Waals surface area contributed by atoms with Crippen LogP contribution in [-0.2, 0) is 6.42 Å². The van der Waals surface area contributed by atoms with Crippen LogP contribution >= 0.6 is 15.9 Å². The molecule has 0 saturated heterocycles. The highest BCUT2D eigenvalue weighted by Gasteiger charge is 2.30. The van der Waals surface area contributed by atoms with Crippen molar-refractivity contribution in [3.05, 3.63) is 28.2 Å². The van der Waals surface area contributed by atoms with Crippen LogP contribution < -0.4 is 10.1 Å². The maximum atomic E-state index is 5.55. The molecule has 3 unspecified atom stereocenters. The van der Waals surface area contributed by atoms with Crippen LogP contribution in [0.1, 0.15) is 38.2 Å². The molecule has 0 aromatic heterocycles. The molecule has 1 N–H and O–H groups in total. The molecule has 21 heavy (non-hydrogen) atoms. The second kappa shape index (κ2) is 8.19. The summed E-state index contributed by atoms with van der Waals surface area (Å²) in [6.07, 6.45) is 6.57. The van der Waals surface area contributed by atoms with Crippen molar-refractivity contribution in [3.63, 3.8) is 0 Å². The molecule has 118 valence electrons. The van der Waals surface area contributed by atoms with Crippen LogP contribution in [0.5, 0.6) is 5.75 Å². The molecule has 1 aromatic carbocycles. The fraction of sp³-hybridized carbons (Fsp3) is 0.667. The maximum Gasteiger partial charge on any atom is 0.122 e. The lowest BCUT2D eigenvalue weighted by atomic mass is 9.71. The highest BCUT2D eigenvalue weighted by atomic mass is 79.9. The number of hydrogen-bond acceptors (Lipinski definition) is 2. The summed E-state index contributed by atoms with van der Waals surface area (Å²) >= 11 is 3.59. The molecule has 0 bridgehead atoms. The van der Waals surface area contributed by atoms with E-state index in [0.717, 1.165) is 40.9 Å². The molecular formula is C18H28BrNO. The second-order valence-corrected chi connectivity index (χ2v) is 7.24. The van der Waals surface area contributed by atoms with Gasteiger partial charge in [-0.2, -0.15) is 0 Å². The molecular weight excluding hydrogens is 326 g/mol.